The first-order chi connectivity index (χ1) is 17.5. The fourth-order valence-electron chi connectivity index (χ4n) is 4.44. The van der Waals surface area contributed by atoms with Crippen molar-refractivity contribution in [1.82, 2.24) is 20.3 Å². The van der Waals surface area contributed by atoms with Gasteiger partial charge in [0.2, 0.25) is 5.88 Å². The number of H-pyrrole nitrogens is 2. The van der Waals surface area contributed by atoms with Crippen LogP contribution in [0.3, 0.4) is 0 Å². The monoisotopic (exact) mass is 545 g/mol. The smallest absolute Gasteiger partial charge is 0.453 e. The minimum absolute atomic E-state index is 0. The van der Waals surface area contributed by atoms with Crippen LogP contribution in [0.5, 0.6) is 5.88 Å². The molecule has 192 valence electrons. The summed E-state index contributed by atoms with van der Waals surface area (Å²) < 4.78 is 29.9. The van der Waals surface area contributed by atoms with E-state index in [1.807, 2.05) is 6.07 Å². The zero-order chi connectivity index (χ0) is 24.8. The quantitative estimate of drug-likeness (QED) is 0.263. The van der Waals surface area contributed by atoms with Gasteiger partial charge in [0, 0.05) is 35.6 Å². The second-order valence-electron chi connectivity index (χ2n) is 8.17. The summed E-state index contributed by atoms with van der Waals surface area (Å²) in [4.78, 5) is 35.4. The molecule has 3 aromatic heterocycles. The van der Waals surface area contributed by atoms with E-state index in [0.717, 1.165) is 0 Å². The van der Waals surface area contributed by atoms with Gasteiger partial charge in [0.15, 0.2) is 16.0 Å². The molecule has 4 N–H and O–H groups in total. The van der Waals surface area contributed by atoms with Gasteiger partial charge in [-0.05, 0) is 43.0 Å². The van der Waals surface area contributed by atoms with E-state index in [1.54, 1.807) is 25.3 Å². The Kier molecular flexibility index (Phi) is 6.71. The van der Waals surface area contributed by atoms with Crippen LogP contribution < -0.4 is 15.4 Å². The minimum Gasteiger partial charge on any atom is -0.453 e. The molecule has 6 rings (SSSR count). The number of nitrogens with one attached hydrogen (secondary N) is 4. The van der Waals surface area contributed by atoms with E-state index in [4.69, 9.17) is 13.9 Å². The molecule has 0 amide bonds. The number of ether oxygens (including phenoxy) is 2. The van der Waals surface area contributed by atoms with Crippen molar-refractivity contribution < 1.29 is 27.9 Å². The maximum Gasteiger partial charge on any atom is 0.515 e. The van der Waals surface area contributed by atoms with E-state index in [9.17, 15) is 14.0 Å². The summed E-state index contributed by atoms with van der Waals surface area (Å²) in [7, 11) is 0. The SMILES string of the molecule is CCOC(=O)Oc1[nH]cc2c1NC1=C(C(=O)CNC1)C2c1ccc(Sc2nc3cc(F)ccc3[nH]2)o1.Cl. The third-order valence-electron chi connectivity index (χ3n) is 5.92. The summed E-state index contributed by atoms with van der Waals surface area (Å²) in [5.74, 6) is -0.194. The molecule has 5 heterocycles. The molecule has 0 radical (unpaired) electrons. The van der Waals surface area contributed by atoms with Crippen LogP contribution in [0.4, 0.5) is 14.9 Å². The summed E-state index contributed by atoms with van der Waals surface area (Å²) in [6.45, 7) is 2.52. The predicted octanol–water partition coefficient (Wildman–Crippen LogP) is 4.72. The van der Waals surface area contributed by atoms with Crippen LogP contribution in [0.15, 0.2) is 62.5 Å². The second kappa shape index (κ2) is 9.96. The van der Waals surface area contributed by atoms with Crippen molar-refractivity contribution in [2.75, 3.05) is 25.0 Å². The van der Waals surface area contributed by atoms with Crippen LogP contribution in [0.25, 0.3) is 11.0 Å². The van der Waals surface area contributed by atoms with Crippen LogP contribution in [0.2, 0.25) is 0 Å². The number of hydrogen-bond donors (Lipinski definition) is 4. The highest BCUT2D eigenvalue weighted by Gasteiger charge is 2.39. The number of furan rings is 1. The molecular formula is C24H21ClFN5O5S. The maximum atomic E-state index is 13.5. The Balaban J connectivity index is 0.00000280. The Morgan fingerprint density at radius 2 is 2.14 bits per heavy atom. The second-order valence-corrected chi connectivity index (χ2v) is 9.17. The summed E-state index contributed by atoms with van der Waals surface area (Å²) in [6.07, 6.45) is 0.851. The molecule has 0 saturated carbocycles. The molecule has 4 aromatic rings. The first-order valence-corrected chi connectivity index (χ1v) is 12.0. The summed E-state index contributed by atoms with van der Waals surface area (Å²) in [6, 6.07) is 7.96. The van der Waals surface area contributed by atoms with Gasteiger partial charge in [-0.1, -0.05) is 0 Å². The molecular weight excluding hydrogens is 525 g/mol. The molecule has 0 bridgehead atoms. The zero-order valence-corrected chi connectivity index (χ0v) is 21.0. The Morgan fingerprint density at radius 3 is 2.97 bits per heavy atom. The van der Waals surface area contributed by atoms with E-state index in [0.29, 0.717) is 56.1 Å². The number of carbonyl (C=O) groups excluding carboxylic acids is 2. The number of anilines is 1. The van der Waals surface area contributed by atoms with Crippen molar-refractivity contribution in [3.8, 4) is 5.88 Å². The summed E-state index contributed by atoms with van der Waals surface area (Å²) >= 11 is 1.26. The van der Waals surface area contributed by atoms with Gasteiger partial charge in [0.05, 0.1) is 30.1 Å². The van der Waals surface area contributed by atoms with E-state index in [-0.39, 0.29) is 43.0 Å². The lowest BCUT2D eigenvalue weighted by atomic mass is 9.82. The van der Waals surface area contributed by atoms with Crippen LogP contribution in [0.1, 0.15) is 24.2 Å². The average molecular weight is 546 g/mol. The highest BCUT2D eigenvalue weighted by molar-refractivity contribution is 7.99. The van der Waals surface area contributed by atoms with Gasteiger partial charge in [0.1, 0.15) is 17.3 Å². The van der Waals surface area contributed by atoms with Gasteiger partial charge in [-0.25, -0.2) is 14.2 Å². The molecule has 0 aliphatic carbocycles. The van der Waals surface area contributed by atoms with E-state index < -0.39 is 12.1 Å². The molecule has 1 aromatic carbocycles. The number of imidazole rings is 1. The van der Waals surface area contributed by atoms with Gasteiger partial charge in [-0.3, -0.25) is 4.79 Å². The number of carbonyl (C=O) groups is 2. The molecule has 37 heavy (non-hydrogen) atoms. The number of halogens is 2. The molecule has 0 saturated heterocycles. The number of ketones is 1. The third kappa shape index (κ3) is 4.59. The number of Topliss-reactive ketones (excluding diaryl/α,β-unsaturated/α-hetero) is 1. The van der Waals surface area contributed by atoms with Crippen molar-refractivity contribution in [1.29, 1.82) is 0 Å². The van der Waals surface area contributed by atoms with Crippen LogP contribution in [-0.4, -0.2) is 46.6 Å². The normalized spacial score (nSPS) is 16.6. The lowest BCUT2D eigenvalue weighted by molar-refractivity contribution is -0.115. The van der Waals surface area contributed by atoms with Crippen molar-refractivity contribution >= 4 is 52.8 Å². The number of aromatic nitrogens is 3. The van der Waals surface area contributed by atoms with Crippen molar-refractivity contribution in [2.24, 2.45) is 0 Å². The number of hydrogen-bond acceptors (Lipinski definition) is 9. The number of nitrogens with zero attached hydrogens (tertiary/aromatic N) is 1. The Bertz CT molecular complexity index is 1540. The Labute approximate surface area is 219 Å². The van der Waals surface area contributed by atoms with Crippen molar-refractivity contribution in [2.45, 2.75) is 23.1 Å². The van der Waals surface area contributed by atoms with Gasteiger partial charge in [-0.15, -0.1) is 12.4 Å². The van der Waals surface area contributed by atoms with Crippen LogP contribution in [-0.2, 0) is 9.53 Å². The number of aromatic amines is 2. The maximum absolute atomic E-state index is 13.5. The van der Waals surface area contributed by atoms with Gasteiger partial charge in [-0.2, -0.15) is 0 Å². The molecule has 13 heteroatoms. The Morgan fingerprint density at radius 1 is 1.27 bits per heavy atom. The molecule has 0 fully saturated rings. The number of fused-ring (bicyclic) bond motifs is 2. The first kappa shape index (κ1) is 24.9. The first-order valence-electron chi connectivity index (χ1n) is 11.2. The topological polar surface area (TPSA) is 134 Å². The van der Waals surface area contributed by atoms with Gasteiger partial charge in [0.25, 0.3) is 0 Å². The highest BCUT2D eigenvalue weighted by Crippen LogP contribution is 2.47. The van der Waals surface area contributed by atoms with E-state index in [1.165, 1.54) is 23.9 Å². The molecule has 2 aliphatic heterocycles. The molecule has 10 nitrogen and oxygen atoms in total. The fraction of sp³-hybridized carbons (Fsp3) is 0.208. The van der Waals surface area contributed by atoms with E-state index in [2.05, 4.69) is 25.6 Å². The van der Waals surface area contributed by atoms with Gasteiger partial charge >= 0.3 is 6.16 Å². The molecule has 1 atom stereocenters. The van der Waals surface area contributed by atoms with E-state index >= 15 is 0 Å². The number of rotatable bonds is 5. The fourth-order valence-corrected chi connectivity index (χ4v) is 5.21. The minimum atomic E-state index is -0.833. The third-order valence-corrected chi connectivity index (χ3v) is 6.73. The molecule has 1 unspecified atom stereocenters. The van der Waals surface area contributed by atoms with Crippen molar-refractivity contribution in [3.05, 3.63) is 64.9 Å². The highest BCUT2D eigenvalue weighted by atomic mass is 35.5. The lowest BCUT2D eigenvalue weighted by Gasteiger charge is -2.31. The summed E-state index contributed by atoms with van der Waals surface area (Å²) in [5, 5.41) is 7.40. The largest absolute Gasteiger partial charge is 0.515 e. The average Bonchev–Trinajstić information content (AvgIpc) is 3.57. The number of benzene rings is 1. The lowest BCUT2D eigenvalue weighted by Crippen LogP contribution is -2.39. The van der Waals surface area contributed by atoms with Crippen LogP contribution in [0, 0.1) is 5.82 Å². The van der Waals surface area contributed by atoms with Gasteiger partial charge < -0.3 is 34.5 Å². The summed E-state index contributed by atoms with van der Waals surface area (Å²) in [5.41, 5.74) is 3.74. The van der Waals surface area contributed by atoms with Crippen molar-refractivity contribution in [3.63, 3.8) is 0 Å². The predicted molar refractivity (Wildman–Crippen MR) is 135 cm³/mol. The molecule has 0 spiro atoms. The van der Waals surface area contributed by atoms with Crippen LogP contribution >= 0.6 is 24.2 Å². The molecule has 2 aliphatic rings. The zero-order valence-electron chi connectivity index (χ0n) is 19.3. The Hall–Kier alpha value is -3.74. The standard InChI is InChI=1S/C24H20FN5O5S.ClH/c1-2-33-24(32)35-22-21-12(8-27-22)19(20-15(28-21)9-26-10-16(20)31)17-5-6-18(34-17)36-23-29-13-4-3-11(25)7-14(13)30-23;/h3-8,19,26-28H,2,9-10H2,1H3,(H,29,30);1H.